The Morgan fingerprint density at radius 3 is 1.82 bits per heavy atom. The number of methoxy groups -OCH3 is 1. The van der Waals surface area contributed by atoms with Gasteiger partial charge in [-0.3, -0.25) is 10.1 Å². The van der Waals surface area contributed by atoms with Gasteiger partial charge in [-0.2, -0.15) is 0 Å². The summed E-state index contributed by atoms with van der Waals surface area (Å²) >= 11 is 0. The second-order valence-electron chi connectivity index (χ2n) is 12.4. The lowest BCUT2D eigenvalue weighted by Gasteiger charge is -2.42. The Labute approximate surface area is 285 Å². The van der Waals surface area contributed by atoms with Crippen LogP contribution in [0.1, 0.15) is 37.5 Å². The lowest BCUT2D eigenvalue weighted by atomic mass is 9.96. The summed E-state index contributed by atoms with van der Waals surface area (Å²) < 4.78 is 41.0. The van der Waals surface area contributed by atoms with Crippen LogP contribution in [0.3, 0.4) is 0 Å². The van der Waals surface area contributed by atoms with Crippen LogP contribution < -0.4 is 5.32 Å². The van der Waals surface area contributed by atoms with Crippen LogP contribution in [-0.4, -0.2) is 79.6 Å². The summed E-state index contributed by atoms with van der Waals surface area (Å²) in [7, 11) is 1.14. The Hall–Kier alpha value is -4.40. The summed E-state index contributed by atoms with van der Waals surface area (Å²) in [5, 5.41) is 15.2. The number of amides is 1. The fourth-order valence-electron chi connectivity index (χ4n) is 5.13. The van der Waals surface area contributed by atoms with Gasteiger partial charge in [0.15, 0.2) is 12.1 Å². The third-order valence-corrected chi connectivity index (χ3v) is 7.43. The molecule has 0 unspecified atom stereocenters. The SMILES string of the molecule is COC(=O)[C@H](CO[C@H]1O[C@H](COCc2ccccc2)[C@H](OCc2ccccc2)[C@H](OCc2ccccc2)[C@H]1[N+](=O)[O-])NC(=O)OC(C)(C)C. The van der Waals surface area contributed by atoms with E-state index in [9.17, 15) is 19.7 Å². The van der Waals surface area contributed by atoms with Crippen molar-refractivity contribution in [2.24, 2.45) is 0 Å². The predicted molar refractivity (Wildman–Crippen MR) is 177 cm³/mol. The number of carbonyl (C=O) groups is 2. The van der Waals surface area contributed by atoms with Crippen LogP contribution in [0.2, 0.25) is 0 Å². The summed E-state index contributed by atoms with van der Waals surface area (Å²) in [5.74, 6) is -0.844. The number of nitrogens with zero attached hydrogens (tertiary/aromatic N) is 1. The van der Waals surface area contributed by atoms with Gasteiger partial charge in [0.25, 0.3) is 6.04 Å². The van der Waals surface area contributed by atoms with E-state index in [1.54, 1.807) is 20.8 Å². The van der Waals surface area contributed by atoms with Crippen molar-refractivity contribution in [3.8, 4) is 0 Å². The van der Waals surface area contributed by atoms with Crippen molar-refractivity contribution in [2.45, 2.75) is 82.9 Å². The molecule has 0 radical (unpaired) electrons. The standard InChI is InChI=1S/C36H44N2O11/c1-36(2,3)49-35(40)37-28(33(39)43-4)23-47-34-30(38(41)42)32(46-22-27-18-12-7-13-19-27)31(45-21-26-16-10-6-11-17-26)29(48-34)24-44-20-25-14-8-5-9-15-25/h5-19,28-32,34H,20-24H2,1-4H3,(H,37,40)/t28-,29+,30+,31-,32+,34-/m0/s1. The van der Waals surface area contributed by atoms with E-state index in [2.05, 4.69) is 5.32 Å². The van der Waals surface area contributed by atoms with E-state index in [1.807, 2.05) is 91.0 Å². The van der Waals surface area contributed by atoms with Gasteiger partial charge in [0, 0.05) is 4.92 Å². The van der Waals surface area contributed by atoms with E-state index < -0.39 is 65.9 Å². The first-order chi connectivity index (χ1) is 23.5. The zero-order valence-electron chi connectivity index (χ0n) is 28.1. The summed E-state index contributed by atoms with van der Waals surface area (Å²) in [4.78, 5) is 37.4. The minimum atomic E-state index is -1.60. The van der Waals surface area contributed by atoms with Crippen molar-refractivity contribution < 1.29 is 47.7 Å². The van der Waals surface area contributed by atoms with Crippen LogP contribution in [0.4, 0.5) is 4.79 Å². The van der Waals surface area contributed by atoms with Gasteiger partial charge in [0.2, 0.25) is 6.29 Å². The number of alkyl carbamates (subject to hydrolysis) is 1. The fourth-order valence-corrected chi connectivity index (χ4v) is 5.13. The smallest absolute Gasteiger partial charge is 0.408 e. The molecule has 1 N–H and O–H groups in total. The topological polar surface area (TPSA) is 154 Å². The van der Waals surface area contributed by atoms with E-state index in [0.29, 0.717) is 0 Å². The molecule has 13 nitrogen and oxygen atoms in total. The number of nitrogens with one attached hydrogen (secondary N) is 1. The van der Waals surface area contributed by atoms with Crippen LogP contribution in [0, 0.1) is 10.1 Å². The summed E-state index contributed by atoms with van der Waals surface area (Å²) in [6.07, 6.45) is -5.48. The molecule has 3 aromatic rings. The van der Waals surface area contributed by atoms with Gasteiger partial charge in [0.05, 0.1) is 40.1 Å². The van der Waals surface area contributed by atoms with Crippen molar-refractivity contribution in [1.82, 2.24) is 5.32 Å². The first kappa shape index (κ1) is 37.4. The molecule has 0 saturated carbocycles. The molecule has 1 saturated heterocycles. The predicted octanol–water partition coefficient (Wildman–Crippen LogP) is 4.83. The fraction of sp³-hybridized carbons (Fsp3) is 0.444. The summed E-state index contributed by atoms with van der Waals surface area (Å²) in [6, 6.07) is 25.2. The molecular formula is C36H44N2O11. The van der Waals surface area contributed by atoms with E-state index in [4.69, 9.17) is 33.2 Å². The van der Waals surface area contributed by atoms with E-state index in [0.717, 1.165) is 23.8 Å². The maximum Gasteiger partial charge on any atom is 0.408 e. The highest BCUT2D eigenvalue weighted by atomic mass is 16.7. The number of rotatable bonds is 16. The summed E-state index contributed by atoms with van der Waals surface area (Å²) in [6.45, 7) is 4.85. The molecule has 0 aliphatic carbocycles. The van der Waals surface area contributed by atoms with Crippen LogP contribution >= 0.6 is 0 Å². The average Bonchev–Trinajstić information content (AvgIpc) is 3.08. The first-order valence-corrected chi connectivity index (χ1v) is 15.9. The van der Waals surface area contributed by atoms with E-state index >= 15 is 0 Å². The van der Waals surface area contributed by atoms with E-state index in [1.165, 1.54) is 0 Å². The largest absolute Gasteiger partial charge is 0.467 e. The molecule has 0 bridgehead atoms. The number of esters is 1. The Kier molecular flexibility index (Phi) is 14.0. The lowest BCUT2D eigenvalue weighted by Crippen LogP contribution is -2.64. The number of ether oxygens (including phenoxy) is 7. The maximum absolute atomic E-state index is 12.8. The van der Waals surface area contributed by atoms with Crippen LogP contribution in [-0.2, 0) is 57.8 Å². The average molecular weight is 681 g/mol. The Balaban J connectivity index is 1.62. The van der Waals surface area contributed by atoms with Gasteiger partial charge in [-0.1, -0.05) is 91.0 Å². The number of hydrogen-bond donors (Lipinski definition) is 1. The molecule has 0 aromatic heterocycles. The van der Waals surface area contributed by atoms with Gasteiger partial charge >= 0.3 is 12.1 Å². The monoisotopic (exact) mass is 680 g/mol. The van der Waals surface area contributed by atoms with Gasteiger partial charge < -0.3 is 38.5 Å². The van der Waals surface area contributed by atoms with Crippen molar-refractivity contribution in [3.63, 3.8) is 0 Å². The van der Waals surface area contributed by atoms with Gasteiger partial charge in [-0.25, -0.2) is 9.59 Å². The molecule has 1 aliphatic heterocycles. The van der Waals surface area contributed by atoms with Crippen LogP contribution in [0.5, 0.6) is 0 Å². The molecule has 13 heteroatoms. The highest BCUT2D eigenvalue weighted by molar-refractivity contribution is 5.81. The van der Waals surface area contributed by atoms with Gasteiger partial charge in [-0.05, 0) is 37.5 Å². The van der Waals surface area contributed by atoms with Crippen molar-refractivity contribution >= 4 is 12.1 Å². The second kappa shape index (κ2) is 18.4. The Bertz CT molecular complexity index is 1450. The first-order valence-electron chi connectivity index (χ1n) is 15.9. The number of nitro groups is 1. The number of carbonyl (C=O) groups excluding carboxylic acids is 2. The molecule has 0 spiro atoms. The zero-order chi connectivity index (χ0) is 35.2. The third kappa shape index (κ3) is 11.9. The Morgan fingerprint density at radius 2 is 1.33 bits per heavy atom. The quantitative estimate of drug-likeness (QED) is 0.126. The molecule has 3 aromatic carbocycles. The molecule has 1 aliphatic rings. The maximum atomic E-state index is 12.8. The molecule has 1 fully saturated rings. The van der Waals surface area contributed by atoms with Gasteiger partial charge in [0.1, 0.15) is 17.8 Å². The molecular weight excluding hydrogens is 636 g/mol. The lowest BCUT2D eigenvalue weighted by molar-refractivity contribution is -0.577. The van der Waals surface area contributed by atoms with Crippen molar-refractivity contribution in [1.29, 1.82) is 0 Å². The second-order valence-corrected chi connectivity index (χ2v) is 12.4. The molecule has 264 valence electrons. The normalized spacial score (nSPS) is 21.3. The minimum Gasteiger partial charge on any atom is -0.467 e. The van der Waals surface area contributed by atoms with E-state index in [-0.39, 0.29) is 26.4 Å². The van der Waals surface area contributed by atoms with Gasteiger partial charge in [-0.15, -0.1) is 0 Å². The zero-order valence-corrected chi connectivity index (χ0v) is 28.1. The van der Waals surface area contributed by atoms with Crippen molar-refractivity contribution in [2.75, 3.05) is 20.3 Å². The highest BCUT2D eigenvalue weighted by Crippen LogP contribution is 2.31. The molecule has 1 heterocycles. The number of hydrogen-bond acceptors (Lipinski definition) is 11. The molecule has 1 amide bonds. The highest BCUT2D eigenvalue weighted by Gasteiger charge is 2.55. The molecule has 49 heavy (non-hydrogen) atoms. The summed E-state index contributed by atoms with van der Waals surface area (Å²) in [5.41, 5.74) is 1.71. The minimum absolute atomic E-state index is 0.0274. The number of benzene rings is 3. The third-order valence-electron chi connectivity index (χ3n) is 7.43. The van der Waals surface area contributed by atoms with Crippen LogP contribution in [0.25, 0.3) is 0 Å². The molecule has 4 rings (SSSR count). The molecule has 6 atom stereocenters. The van der Waals surface area contributed by atoms with Crippen molar-refractivity contribution in [3.05, 3.63) is 118 Å². The van der Waals surface area contributed by atoms with Crippen LogP contribution in [0.15, 0.2) is 91.0 Å². The Morgan fingerprint density at radius 1 is 0.816 bits per heavy atom.